The Bertz CT molecular complexity index is 1190. The van der Waals surface area contributed by atoms with Crippen LogP contribution in [-0.2, 0) is 20.2 Å². The van der Waals surface area contributed by atoms with Crippen LogP contribution < -0.4 is 0 Å². The van der Waals surface area contributed by atoms with Crippen molar-refractivity contribution in [1.29, 1.82) is 0 Å². The van der Waals surface area contributed by atoms with Crippen LogP contribution in [0.3, 0.4) is 0 Å². The minimum atomic E-state index is -4.66. The second-order valence-corrected chi connectivity index (χ2v) is 8.69. The molecule has 0 aromatic heterocycles. The fourth-order valence-corrected chi connectivity index (χ4v) is 4.30. The molecule has 1 aliphatic carbocycles. The Morgan fingerprint density at radius 3 is 2.03 bits per heavy atom. The average Bonchev–Trinajstić information content (AvgIpc) is 2.60. The molecule has 148 valence electrons. The maximum absolute atomic E-state index is 11.8. The Kier molecular flexibility index (Phi) is 12.1. The molecule has 0 spiro atoms. The fourth-order valence-electron chi connectivity index (χ4n) is 2.47. The van der Waals surface area contributed by atoms with Crippen LogP contribution in [0, 0.1) is 0 Å². The van der Waals surface area contributed by atoms with E-state index >= 15 is 0 Å². The Morgan fingerprint density at radius 2 is 1.53 bits per heavy atom. The molecule has 1 aliphatic rings. The third-order valence-electron chi connectivity index (χ3n) is 3.70. The minimum absolute atomic E-state index is 0. The van der Waals surface area contributed by atoms with Gasteiger partial charge >= 0.3 is 0 Å². The number of aliphatic imine (C=N–C) groups is 2. The molecular weight excluding hydrogens is 490 g/mol. The molecule has 2 radical (unpaired) electrons. The zero-order valence-corrected chi connectivity index (χ0v) is 23.1. The quantitative estimate of drug-likeness (QED) is 0.262. The summed E-state index contributed by atoms with van der Waals surface area (Å²) >= 11 is 9.10. The maximum atomic E-state index is 11.8. The number of nitrogens with zero attached hydrogens (tertiary/aromatic N) is 2. The molecule has 0 aliphatic heterocycles. The van der Waals surface area contributed by atoms with Crippen LogP contribution in [0.2, 0.25) is 0 Å². The van der Waals surface area contributed by atoms with Crippen LogP contribution in [0.25, 0.3) is 6.08 Å². The number of rotatable bonds is 6. The molecule has 0 bridgehead atoms. The molecule has 0 fully saturated rings. The van der Waals surface area contributed by atoms with E-state index in [1.165, 1.54) is 48.6 Å². The molecule has 0 amide bonds. The summed E-state index contributed by atoms with van der Waals surface area (Å²) in [7, 11) is -9.14. The van der Waals surface area contributed by atoms with Gasteiger partial charge in [-0.05, 0) is 47.7 Å². The van der Waals surface area contributed by atoms with E-state index in [4.69, 9.17) is 0 Å². The summed E-state index contributed by atoms with van der Waals surface area (Å²) in [5.41, 5.74) is -1.33. The minimum Gasteiger partial charge on any atom is -0.282 e. The van der Waals surface area contributed by atoms with Crippen molar-refractivity contribution < 1.29 is 25.9 Å². The van der Waals surface area contributed by atoms with Gasteiger partial charge in [-0.15, -0.1) is 0 Å². The van der Waals surface area contributed by atoms with Crippen molar-refractivity contribution >= 4 is 120 Å². The number of allylic oxidation sites excluding steroid dienone is 3. The molecule has 0 atom stereocenters. The van der Waals surface area contributed by atoms with Crippen molar-refractivity contribution in [3.63, 3.8) is 0 Å². The standard InChI is InChI=1S/C16H12N2O6S4.2Na/c19-27(20,21)14-4-2-1-3-12(14)5-6-13-7-8-16(17-10-25,18-11-26)9-15(13)28(22,23)24;;/h1-8H,9H2,(H,19,20,21)(H,22,23,24);;. The zero-order chi connectivity index (χ0) is 21.0. The Labute approximate surface area is 229 Å². The van der Waals surface area contributed by atoms with Crippen LogP contribution in [0.15, 0.2) is 67.9 Å². The van der Waals surface area contributed by atoms with E-state index in [1.54, 1.807) is 0 Å². The Morgan fingerprint density at radius 1 is 0.967 bits per heavy atom. The summed E-state index contributed by atoms with van der Waals surface area (Å²) in [4.78, 5) is 6.82. The first kappa shape index (κ1) is 29.9. The third-order valence-corrected chi connectivity index (χ3v) is 5.81. The molecule has 2 N–H and O–H groups in total. The van der Waals surface area contributed by atoms with Crippen molar-refractivity contribution in [2.75, 3.05) is 0 Å². The van der Waals surface area contributed by atoms with Crippen LogP contribution >= 0.6 is 24.4 Å². The third kappa shape index (κ3) is 7.77. The summed E-state index contributed by atoms with van der Waals surface area (Å²) in [6.07, 6.45) is 4.87. The smallest absolute Gasteiger partial charge is 0.282 e. The number of hydrogen-bond acceptors (Lipinski definition) is 8. The first-order chi connectivity index (χ1) is 13.0. The van der Waals surface area contributed by atoms with E-state index < -0.39 is 37.2 Å². The Hall–Kier alpha value is -0.140. The van der Waals surface area contributed by atoms with Crippen LogP contribution in [-0.4, -0.2) is 101 Å². The normalized spacial score (nSPS) is 18.6. The molecule has 0 unspecified atom stereocenters. The monoisotopic (exact) mass is 502 g/mol. The maximum Gasteiger partial charge on any atom is 0.295 e. The summed E-state index contributed by atoms with van der Waals surface area (Å²) in [5.74, 6) is 0. The molecule has 14 heteroatoms. The summed E-state index contributed by atoms with van der Waals surface area (Å²) in [6.45, 7) is 0. The predicted molar refractivity (Wildman–Crippen MR) is 122 cm³/mol. The average molecular weight is 503 g/mol. The van der Waals surface area contributed by atoms with Crippen molar-refractivity contribution in [1.82, 2.24) is 0 Å². The van der Waals surface area contributed by atoms with E-state index in [2.05, 4.69) is 44.7 Å². The van der Waals surface area contributed by atoms with Crippen molar-refractivity contribution in [2.45, 2.75) is 17.0 Å². The van der Waals surface area contributed by atoms with Crippen molar-refractivity contribution in [3.8, 4) is 0 Å². The van der Waals surface area contributed by atoms with Gasteiger partial charge in [-0.1, -0.05) is 36.4 Å². The first-order valence-electron chi connectivity index (χ1n) is 7.35. The van der Waals surface area contributed by atoms with Crippen LogP contribution in [0.4, 0.5) is 0 Å². The molecule has 0 saturated heterocycles. The van der Waals surface area contributed by atoms with Gasteiger partial charge in [0.25, 0.3) is 20.2 Å². The van der Waals surface area contributed by atoms with Gasteiger partial charge in [0.1, 0.15) is 4.90 Å². The first-order valence-corrected chi connectivity index (χ1v) is 11.0. The van der Waals surface area contributed by atoms with Crippen molar-refractivity contribution in [3.05, 3.63) is 58.5 Å². The molecule has 1 aromatic carbocycles. The van der Waals surface area contributed by atoms with Gasteiger partial charge in [-0.3, -0.25) is 9.11 Å². The van der Waals surface area contributed by atoms with E-state index in [0.717, 1.165) is 0 Å². The van der Waals surface area contributed by atoms with E-state index in [1.807, 2.05) is 0 Å². The molecular formula is C16H12N2Na2O6S4. The van der Waals surface area contributed by atoms with Gasteiger partial charge in [0.15, 0.2) is 5.66 Å². The van der Waals surface area contributed by atoms with Gasteiger partial charge in [0, 0.05) is 65.5 Å². The number of hydrogen-bond donors (Lipinski definition) is 2. The van der Waals surface area contributed by atoms with E-state index in [0.29, 0.717) is 0 Å². The number of thiocarbonyl (C=S) groups is 2. The van der Waals surface area contributed by atoms with Crippen molar-refractivity contribution in [2.24, 2.45) is 9.98 Å². The van der Waals surface area contributed by atoms with E-state index in [-0.39, 0.29) is 75.1 Å². The van der Waals surface area contributed by atoms with Gasteiger partial charge in [0.2, 0.25) is 0 Å². The predicted octanol–water partition coefficient (Wildman–Crippen LogP) is 2.19. The molecule has 1 aromatic rings. The second-order valence-electron chi connectivity index (χ2n) is 5.49. The van der Waals surface area contributed by atoms with Gasteiger partial charge in [0.05, 0.1) is 15.2 Å². The van der Waals surface area contributed by atoms with Gasteiger partial charge in [-0.2, -0.15) is 26.8 Å². The van der Waals surface area contributed by atoms with Crippen LogP contribution in [0.5, 0.6) is 0 Å². The summed E-state index contributed by atoms with van der Waals surface area (Å²) < 4.78 is 65.5. The fraction of sp³-hybridized carbons (Fsp3) is 0.125. The van der Waals surface area contributed by atoms with Gasteiger partial charge < -0.3 is 0 Å². The number of isothiocyanates is 2. The summed E-state index contributed by atoms with van der Waals surface area (Å²) in [6, 6.07) is 5.56. The second kappa shape index (κ2) is 12.2. The molecule has 30 heavy (non-hydrogen) atoms. The molecule has 0 heterocycles. The SMILES string of the molecule is O=S(=O)(O)C1=C(C=Cc2ccccc2S(=O)(=O)O)C=CC(N=C=S)(N=C=S)C1.[Na].[Na]. The van der Waals surface area contributed by atoms with Crippen LogP contribution in [0.1, 0.15) is 12.0 Å². The number of benzene rings is 1. The summed E-state index contributed by atoms with van der Waals surface area (Å²) in [5, 5.41) is 4.19. The Balaban J connectivity index is 0.00000420. The van der Waals surface area contributed by atoms with E-state index in [9.17, 15) is 25.9 Å². The zero-order valence-electron chi connectivity index (χ0n) is 15.9. The topological polar surface area (TPSA) is 133 Å². The molecule has 2 rings (SSSR count). The largest absolute Gasteiger partial charge is 0.295 e. The van der Waals surface area contributed by atoms with Gasteiger partial charge in [-0.25, -0.2) is 0 Å². The molecule has 8 nitrogen and oxygen atoms in total. The molecule has 0 saturated carbocycles.